The lowest BCUT2D eigenvalue weighted by Gasteiger charge is -2.33. The molecular formula is C14H21NO2S. The summed E-state index contributed by atoms with van der Waals surface area (Å²) < 4.78 is 23.3. The fraction of sp³-hybridized carbons (Fsp3) is 0.571. The molecule has 1 fully saturated rings. The lowest BCUT2D eigenvalue weighted by atomic mass is 9.72. The Balaban J connectivity index is 2.44. The Morgan fingerprint density at radius 1 is 1.17 bits per heavy atom. The van der Waals surface area contributed by atoms with Gasteiger partial charge in [0.2, 0.25) is 10.0 Å². The van der Waals surface area contributed by atoms with E-state index in [2.05, 4.69) is 13.8 Å². The van der Waals surface area contributed by atoms with Crippen molar-refractivity contribution in [2.75, 3.05) is 0 Å². The van der Waals surface area contributed by atoms with E-state index in [0.29, 0.717) is 22.6 Å². The summed E-state index contributed by atoms with van der Waals surface area (Å²) in [5, 5.41) is 5.32. The van der Waals surface area contributed by atoms with Gasteiger partial charge < -0.3 is 0 Å². The summed E-state index contributed by atoms with van der Waals surface area (Å²) in [5.74, 6) is 1.48. The lowest BCUT2D eigenvalue weighted by Crippen LogP contribution is -2.23. The van der Waals surface area contributed by atoms with Crippen LogP contribution in [0.1, 0.15) is 44.6 Å². The van der Waals surface area contributed by atoms with Gasteiger partial charge in [-0.05, 0) is 42.2 Å². The number of nitrogens with two attached hydrogens (primary N) is 1. The zero-order valence-electron chi connectivity index (χ0n) is 11.0. The molecule has 4 heteroatoms. The summed E-state index contributed by atoms with van der Waals surface area (Å²) in [6.45, 7) is 4.44. The monoisotopic (exact) mass is 267 g/mol. The highest BCUT2D eigenvalue weighted by atomic mass is 32.2. The van der Waals surface area contributed by atoms with Crippen LogP contribution >= 0.6 is 0 Å². The molecule has 0 aliphatic heterocycles. The summed E-state index contributed by atoms with van der Waals surface area (Å²) in [5.41, 5.74) is 0.902. The molecular weight excluding hydrogens is 246 g/mol. The Labute approximate surface area is 109 Å². The van der Waals surface area contributed by atoms with Gasteiger partial charge in [0.05, 0.1) is 4.90 Å². The van der Waals surface area contributed by atoms with E-state index >= 15 is 0 Å². The van der Waals surface area contributed by atoms with Gasteiger partial charge >= 0.3 is 0 Å². The fourth-order valence-corrected chi connectivity index (χ4v) is 3.83. The molecule has 0 aromatic heterocycles. The molecule has 0 amide bonds. The molecule has 1 aromatic carbocycles. The van der Waals surface area contributed by atoms with Crippen LogP contribution in [0.15, 0.2) is 29.2 Å². The quantitative estimate of drug-likeness (QED) is 0.895. The van der Waals surface area contributed by atoms with Crippen LogP contribution in [0.4, 0.5) is 0 Å². The molecule has 0 heterocycles. The van der Waals surface area contributed by atoms with Gasteiger partial charge in [-0.1, -0.05) is 38.5 Å². The van der Waals surface area contributed by atoms with Crippen molar-refractivity contribution in [3.05, 3.63) is 29.8 Å². The topological polar surface area (TPSA) is 60.2 Å². The van der Waals surface area contributed by atoms with E-state index in [1.165, 1.54) is 6.42 Å². The third kappa shape index (κ3) is 2.75. The van der Waals surface area contributed by atoms with Crippen molar-refractivity contribution in [1.29, 1.82) is 0 Å². The molecule has 18 heavy (non-hydrogen) atoms. The van der Waals surface area contributed by atoms with Gasteiger partial charge in [0.25, 0.3) is 0 Å². The van der Waals surface area contributed by atoms with Crippen molar-refractivity contribution < 1.29 is 8.42 Å². The van der Waals surface area contributed by atoms with Gasteiger partial charge in [0.1, 0.15) is 0 Å². The van der Waals surface area contributed by atoms with Crippen LogP contribution < -0.4 is 5.14 Å². The van der Waals surface area contributed by atoms with Crippen LogP contribution in [0.3, 0.4) is 0 Å². The zero-order chi connectivity index (χ0) is 13.3. The average Bonchev–Trinajstić information content (AvgIpc) is 2.31. The minimum atomic E-state index is -3.62. The SMILES string of the molecule is CC1CCC(C)C(c2ccccc2S(N)(=O)=O)C1. The first-order valence-corrected chi connectivity index (χ1v) is 8.06. The summed E-state index contributed by atoms with van der Waals surface area (Å²) in [4.78, 5) is 0.302. The molecule has 2 N–H and O–H groups in total. The van der Waals surface area contributed by atoms with Crippen LogP contribution in [-0.4, -0.2) is 8.42 Å². The second kappa shape index (κ2) is 5.02. The van der Waals surface area contributed by atoms with Crippen LogP contribution in [-0.2, 0) is 10.0 Å². The van der Waals surface area contributed by atoms with Gasteiger partial charge in [-0.2, -0.15) is 0 Å². The molecule has 1 aliphatic rings. The highest BCUT2D eigenvalue weighted by molar-refractivity contribution is 7.89. The maximum absolute atomic E-state index is 11.7. The smallest absolute Gasteiger partial charge is 0.225 e. The van der Waals surface area contributed by atoms with E-state index in [4.69, 9.17) is 5.14 Å². The Bertz CT molecular complexity index is 524. The standard InChI is InChI=1S/C14H21NO2S/c1-10-7-8-11(2)13(9-10)12-5-3-4-6-14(12)18(15,16)17/h3-6,10-11,13H,7-9H2,1-2H3,(H2,15,16,17). The summed E-state index contributed by atoms with van der Waals surface area (Å²) in [6.07, 6.45) is 3.44. The molecule has 3 unspecified atom stereocenters. The van der Waals surface area contributed by atoms with E-state index < -0.39 is 10.0 Å². The summed E-state index contributed by atoms with van der Waals surface area (Å²) in [7, 11) is -3.62. The summed E-state index contributed by atoms with van der Waals surface area (Å²) in [6, 6.07) is 7.17. The lowest BCUT2D eigenvalue weighted by molar-refractivity contribution is 0.262. The number of benzene rings is 1. The van der Waals surface area contributed by atoms with E-state index in [0.717, 1.165) is 18.4 Å². The minimum Gasteiger partial charge on any atom is -0.225 e. The first kappa shape index (κ1) is 13.6. The Hall–Kier alpha value is -0.870. The van der Waals surface area contributed by atoms with Crippen LogP contribution in [0.2, 0.25) is 0 Å². The number of hydrogen-bond donors (Lipinski definition) is 1. The molecule has 0 bridgehead atoms. The van der Waals surface area contributed by atoms with Gasteiger partial charge in [-0.25, -0.2) is 13.6 Å². The summed E-state index contributed by atoms with van der Waals surface area (Å²) >= 11 is 0. The van der Waals surface area contributed by atoms with Gasteiger partial charge in [-0.3, -0.25) is 0 Å². The molecule has 3 nitrogen and oxygen atoms in total. The highest BCUT2D eigenvalue weighted by Gasteiger charge is 2.30. The third-order valence-corrected chi connectivity index (χ3v) is 5.07. The molecule has 1 aliphatic carbocycles. The van der Waals surface area contributed by atoms with Crippen molar-refractivity contribution in [2.45, 2.75) is 43.9 Å². The molecule has 100 valence electrons. The highest BCUT2D eigenvalue weighted by Crippen LogP contribution is 2.41. The van der Waals surface area contributed by atoms with Crippen LogP contribution in [0.25, 0.3) is 0 Å². The van der Waals surface area contributed by atoms with Crippen LogP contribution in [0, 0.1) is 11.8 Å². The molecule has 1 aromatic rings. The van der Waals surface area contributed by atoms with E-state index in [1.807, 2.05) is 12.1 Å². The average molecular weight is 267 g/mol. The largest absolute Gasteiger partial charge is 0.238 e. The molecule has 1 saturated carbocycles. The molecule has 0 spiro atoms. The normalized spacial score (nSPS) is 29.2. The van der Waals surface area contributed by atoms with Crippen LogP contribution in [0.5, 0.6) is 0 Å². The van der Waals surface area contributed by atoms with Crippen molar-refractivity contribution in [3.8, 4) is 0 Å². The van der Waals surface area contributed by atoms with E-state index in [-0.39, 0.29) is 0 Å². The zero-order valence-corrected chi connectivity index (χ0v) is 11.8. The Morgan fingerprint density at radius 3 is 2.50 bits per heavy atom. The molecule has 2 rings (SSSR count). The maximum atomic E-state index is 11.7. The predicted octanol–water partition coefficient (Wildman–Crippen LogP) is 2.87. The second-order valence-corrected chi connectivity index (χ2v) is 7.11. The number of hydrogen-bond acceptors (Lipinski definition) is 2. The molecule has 0 saturated heterocycles. The van der Waals surface area contributed by atoms with E-state index in [9.17, 15) is 8.42 Å². The predicted molar refractivity (Wildman–Crippen MR) is 72.7 cm³/mol. The number of sulfonamides is 1. The number of rotatable bonds is 2. The van der Waals surface area contributed by atoms with Gasteiger partial charge in [0, 0.05) is 0 Å². The third-order valence-electron chi connectivity index (χ3n) is 4.08. The Morgan fingerprint density at radius 2 is 1.83 bits per heavy atom. The van der Waals surface area contributed by atoms with Gasteiger partial charge in [0.15, 0.2) is 0 Å². The maximum Gasteiger partial charge on any atom is 0.238 e. The first-order chi connectivity index (χ1) is 8.39. The fourth-order valence-electron chi connectivity index (χ4n) is 3.01. The molecule has 3 atom stereocenters. The van der Waals surface area contributed by atoms with Gasteiger partial charge in [-0.15, -0.1) is 0 Å². The van der Waals surface area contributed by atoms with E-state index in [1.54, 1.807) is 12.1 Å². The second-order valence-electron chi connectivity index (χ2n) is 5.58. The van der Waals surface area contributed by atoms with Crippen molar-refractivity contribution in [1.82, 2.24) is 0 Å². The number of primary sulfonamides is 1. The molecule has 0 radical (unpaired) electrons. The van der Waals surface area contributed by atoms with Crippen molar-refractivity contribution in [3.63, 3.8) is 0 Å². The van der Waals surface area contributed by atoms with Crippen molar-refractivity contribution >= 4 is 10.0 Å². The minimum absolute atomic E-state index is 0.302. The first-order valence-electron chi connectivity index (χ1n) is 6.51. The Kier molecular flexibility index (Phi) is 3.78. The van der Waals surface area contributed by atoms with Crippen molar-refractivity contribution in [2.24, 2.45) is 17.0 Å².